The number of para-hydroxylation sites is 1. The molecule has 0 saturated heterocycles. The van der Waals surface area contributed by atoms with E-state index in [1.165, 1.54) is 37.7 Å². The van der Waals surface area contributed by atoms with Crippen molar-refractivity contribution in [2.45, 2.75) is 38.5 Å². The molecule has 0 heterocycles. The van der Waals surface area contributed by atoms with E-state index >= 15 is 0 Å². The molecule has 1 N–H and O–H groups in total. The fourth-order valence-electron chi connectivity index (χ4n) is 3.18. The summed E-state index contributed by atoms with van der Waals surface area (Å²) in [5.74, 6) is 0.646. The van der Waals surface area contributed by atoms with Gasteiger partial charge in [-0.25, -0.2) is 0 Å². The average Bonchev–Trinajstić information content (AvgIpc) is 2.58. The third-order valence-electron chi connectivity index (χ3n) is 4.42. The molecule has 0 spiro atoms. The van der Waals surface area contributed by atoms with E-state index in [0.29, 0.717) is 17.3 Å². The average molecular weight is 295 g/mol. The summed E-state index contributed by atoms with van der Waals surface area (Å²) >= 11 is 0. The summed E-state index contributed by atoms with van der Waals surface area (Å²) < 4.78 is 7.79. The van der Waals surface area contributed by atoms with Crippen LogP contribution in [0.15, 0.2) is 54.6 Å². The SMILES string of the molecule is [3H]c1ccccc1NC(=O)c1ccc(CC2CCCCC2)cc1. The molecule has 0 atom stereocenters. The minimum absolute atomic E-state index is 0.158. The van der Waals surface area contributed by atoms with Crippen molar-refractivity contribution >= 4 is 11.6 Å². The summed E-state index contributed by atoms with van der Waals surface area (Å²) in [6.45, 7) is 0. The molecule has 0 bridgehead atoms. The van der Waals surface area contributed by atoms with Crippen molar-refractivity contribution in [3.05, 3.63) is 65.7 Å². The zero-order chi connectivity index (χ0) is 16.1. The second kappa shape index (κ2) is 7.26. The lowest BCUT2D eigenvalue weighted by atomic mass is 9.85. The van der Waals surface area contributed by atoms with E-state index in [1.807, 2.05) is 18.2 Å². The Kier molecular flexibility index (Phi) is 4.47. The van der Waals surface area contributed by atoms with E-state index in [2.05, 4.69) is 17.4 Å². The van der Waals surface area contributed by atoms with Crippen LogP contribution in [0.4, 0.5) is 5.69 Å². The molecule has 0 aromatic heterocycles. The molecule has 2 heteroatoms. The fraction of sp³-hybridized carbons (Fsp3) is 0.350. The largest absolute Gasteiger partial charge is 0.322 e. The molecular weight excluding hydrogens is 270 g/mol. The van der Waals surface area contributed by atoms with E-state index < -0.39 is 0 Å². The van der Waals surface area contributed by atoms with Crippen LogP contribution in [-0.4, -0.2) is 5.91 Å². The molecule has 1 amide bonds. The number of nitrogens with one attached hydrogen (secondary N) is 1. The molecule has 0 aliphatic heterocycles. The first-order chi connectivity index (χ1) is 11.2. The predicted octanol–water partition coefficient (Wildman–Crippen LogP) is 5.06. The van der Waals surface area contributed by atoms with Gasteiger partial charge in [0.15, 0.2) is 0 Å². The highest BCUT2D eigenvalue weighted by Gasteiger charge is 2.14. The van der Waals surface area contributed by atoms with Crippen LogP contribution in [0.2, 0.25) is 0 Å². The second-order valence-electron chi connectivity index (χ2n) is 6.14. The highest BCUT2D eigenvalue weighted by Crippen LogP contribution is 2.26. The van der Waals surface area contributed by atoms with Gasteiger partial charge in [-0.15, -0.1) is 0 Å². The lowest BCUT2D eigenvalue weighted by Crippen LogP contribution is -2.12. The van der Waals surface area contributed by atoms with Gasteiger partial charge in [0, 0.05) is 11.3 Å². The van der Waals surface area contributed by atoms with Gasteiger partial charge in [-0.3, -0.25) is 4.79 Å². The van der Waals surface area contributed by atoms with Crippen molar-refractivity contribution in [3.63, 3.8) is 0 Å². The van der Waals surface area contributed by atoms with Crippen molar-refractivity contribution in [1.82, 2.24) is 0 Å². The monoisotopic (exact) mass is 295 g/mol. The maximum atomic E-state index is 12.3. The van der Waals surface area contributed by atoms with Crippen LogP contribution in [0.25, 0.3) is 0 Å². The topological polar surface area (TPSA) is 29.1 Å². The first kappa shape index (κ1) is 13.6. The summed E-state index contributed by atoms with van der Waals surface area (Å²) in [7, 11) is 0. The van der Waals surface area contributed by atoms with E-state index in [-0.39, 0.29) is 5.91 Å². The Bertz CT molecular complexity index is 660. The van der Waals surface area contributed by atoms with Gasteiger partial charge < -0.3 is 5.32 Å². The zero-order valence-corrected chi connectivity index (χ0v) is 12.8. The number of anilines is 1. The Morgan fingerprint density at radius 2 is 1.82 bits per heavy atom. The van der Waals surface area contributed by atoms with Crippen molar-refractivity contribution in [2.24, 2.45) is 5.92 Å². The Morgan fingerprint density at radius 1 is 1.05 bits per heavy atom. The Labute approximate surface area is 134 Å². The lowest BCUT2D eigenvalue weighted by molar-refractivity contribution is 0.102. The predicted molar refractivity (Wildman–Crippen MR) is 91.1 cm³/mol. The molecule has 22 heavy (non-hydrogen) atoms. The maximum Gasteiger partial charge on any atom is 0.255 e. The molecule has 0 unspecified atom stereocenters. The summed E-state index contributed by atoms with van der Waals surface area (Å²) in [6.07, 6.45) is 7.89. The highest BCUT2D eigenvalue weighted by atomic mass is 16.1. The minimum atomic E-state index is -0.158. The maximum absolute atomic E-state index is 12.3. The van der Waals surface area contributed by atoms with Gasteiger partial charge in [0.1, 0.15) is 0 Å². The number of amides is 1. The molecule has 3 rings (SSSR count). The Hall–Kier alpha value is -2.09. The summed E-state index contributed by atoms with van der Waals surface area (Å²) in [5.41, 5.74) is 2.50. The first-order valence-corrected chi connectivity index (χ1v) is 8.18. The number of hydrogen-bond acceptors (Lipinski definition) is 1. The van der Waals surface area contributed by atoms with E-state index in [4.69, 9.17) is 1.37 Å². The van der Waals surface area contributed by atoms with Crippen molar-refractivity contribution < 1.29 is 6.17 Å². The molecular formula is C20H23NO. The number of hydrogen-bond donors (Lipinski definition) is 1. The van der Waals surface area contributed by atoms with Crippen LogP contribution in [0.5, 0.6) is 0 Å². The van der Waals surface area contributed by atoms with Gasteiger partial charge in [-0.2, -0.15) is 0 Å². The molecule has 1 aliphatic carbocycles. The third-order valence-corrected chi connectivity index (χ3v) is 4.42. The normalized spacial score (nSPS) is 16.1. The molecule has 114 valence electrons. The number of carbonyl (C=O) groups is 1. The summed E-state index contributed by atoms with van der Waals surface area (Å²) in [5, 5.41) is 2.80. The Balaban J connectivity index is 1.62. The van der Waals surface area contributed by atoms with Crippen LogP contribution in [0, 0.1) is 5.92 Å². The zero-order valence-electron chi connectivity index (χ0n) is 13.8. The van der Waals surface area contributed by atoms with Crippen LogP contribution in [0.1, 0.15) is 49.4 Å². The second-order valence-corrected chi connectivity index (χ2v) is 6.14. The highest BCUT2D eigenvalue weighted by molar-refractivity contribution is 6.04. The van der Waals surface area contributed by atoms with Gasteiger partial charge in [-0.05, 0) is 42.1 Å². The van der Waals surface area contributed by atoms with Crippen LogP contribution >= 0.6 is 0 Å². The molecule has 2 nitrogen and oxygen atoms in total. The third kappa shape index (κ3) is 3.97. The van der Waals surface area contributed by atoms with Gasteiger partial charge in [0.2, 0.25) is 0 Å². The number of benzene rings is 2. The van der Waals surface area contributed by atoms with Crippen molar-refractivity contribution in [2.75, 3.05) is 5.32 Å². The smallest absolute Gasteiger partial charge is 0.255 e. The molecule has 1 saturated carbocycles. The van der Waals surface area contributed by atoms with Gasteiger partial charge >= 0.3 is 0 Å². The molecule has 1 aliphatic rings. The van der Waals surface area contributed by atoms with Crippen molar-refractivity contribution in [1.29, 1.82) is 0 Å². The van der Waals surface area contributed by atoms with Crippen LogP contribution in [0.3, 0.4) is 0 Å². The first-order valence-electron chi connectivity index (χ1n) is 8.68. The summed E-state index contributed by atoms with van der Waals surface area (Å²) in [4.78, 5) is 12.3. The van der Waals surface area contributed by atoms with Gasteiger partial charge in [0.25, 0.3) is 5.91 Å². The fourth-order valence-corrected chi connectivity index (χ4v) is 3.18. The van der Waals surface area contributed by atoms with E-state index in [1.54, 1.807) is 18.2 Å². The molecule has 0 radical (unpaired) electrons. The van der Waals surface area contributed by atoms with Crippen LogP contribution < -0.4 is 5.32 Å². The number of rotatable bonds is 4. The van der Waals surface area contributed by atoms with E-state index in [9.17, 15) is 4.79 Å². The van der Waals surface area contributed by atoms with Gasteiger partial charge in [0.05, 0.1) is 1.37 Å². The summed E-state index contributed by atoms with van der Waals surface area (Å²) in [6, 6.07) is 15.3. The molecule has 2 aromatic rings. The number of carbonyl (C=O) groups excluding carboxylic acids is 1. The lowest BCUT2D eigenvalue weighted by Gasteiger charge is -2.21. The Morgan fingerprint density at radius 3 is 2.55 bits per heavy atom. The molecule has 2 aromatic carbocycles. The quantitative estimate of drug-likeness (QED) is 0.839. The van der Waals surface area contributed by atoms with Crippen LogP contribution in [-0.2, 0) is 6.42 Å². The van der Waals surface area contributed by atoms with Gasteiger partial charge in [-0.1, -0.05) is 62.4 Å². The minimum Gasteiger partial charge on any atom is -0.322 e. The van der Waals surface area contributed by atoms with Crippen molar-refractivity contribution in [3.8, 4) is 0 Å². The standard InChI is InChI=1S/C20H23NO/c22-20(21-19-9-5-2-6-10-19)18-13-11-17(12-14-18)15-16-7-3-1-4-8-16/h2,5-6,9-14,16H,1,3-4,7-8,15H2,(H,21,22)/i9T. The van der Waals surface area contributed by atoms with E-state index in [0.717, 1.165) is 12.3 Å². The molecule has 1 fully saturated rings.